The average molecular weight is 327 g/mol. The molecule has 0 unspecified atom stereocenters. The van der Waals surface area contributed by atoms with Crippen molar-refractivity contribution in [3.8, 4) is 34.2 Å². The maximum Gasteiger partial charge on any atom is 0.203 e. The molecule has 3 aromatic rings. The molecule has 0 atom stereocenters. The second-order valence-corrected chi connectivity index (χ2v) is 5.13. The quantitative estimate of drug-likeness (QED) is 0.700. The van der Waals surface area contributed by atoms with E-state index in [-0.39, 0.29) is 5.82 Å². The Morgan fingerprint density at radius 1 is 0.833 bits per heavy atom. The molecule has 3 rings (SSSR count). The fourth-order valence-corrected chi connectivity index (χ4v) is 2.70. The lowest BCUT2D eigenvalue weighted by atomic mass is 10.1. The fourth-order valence-electron chi connectivity index (χ4n) is 2.70. The Bertz CT molecular complexity index is 832. The van der Waals surface area contributed by atoms with Crippen molar-refractivity contribution in [1.29, 1.82) is 0 Å². The van der Waals surface area contributed by atoms with Crippen LogP contribution in [0, 0.1) is 5.82 Å². The molecule has 0 aliphatic carbocycles. The third-order valence-electron chi connectivity index (χ3n) is 3.82. The molecule has 0 radical (unpaired) electrons. The van der Waals surface area contributed by atoms with Crippen LogP contribution in [0.15, 0.2) is 54.7 Å². The Morgan fingerprint density at radius 3 is 2.08 bits per heavy atom. The van der Waals surface area contributed by atoms with Gasteiger partial charge in [0, 0.05) is 11.8 Å². The van der Waals surface area contributed by atoms with Gasteiger partial charge in [0.1, 0.15) is 5.82 Å². The predicted octanol–water partition coefficient (Wildman–Crippen LogP) is 4.31. The van der Waals surface area contributed by atoms with Crippen molar-refractivity contribution < 1.29 is 18.6 Å². The molecule has 0 aliphatic heterocycles. The first-order chi connectivity index (χ1) is 11.7. The Hall–Kier alpha value is -2.95. The van der Waals surface area contributed by atoms with Gasteiger partial charge >= 0.3 is 0 Å². The molecule has 5 heteroatoms. The lowest BCUT2D eigenvalue weighted by Crippen LogP contribution is -2.00. The molecule has 0 fully saturated rings. The van der Waals surface area contributed by atoms with Crippen LogP contribution < -0.4 is 14.2 Å². The normalized spacial score (nSPS) is 10.5. The standard InChI is InChI=1S/C19H18FNO3/c1-22-17-11-13(12-18(23-2)19(17)24-3)15-9-6-10-21(15)16-8-5-4-7-14(16)20/h4-12H,1-3H3. The summed E-state index contributed by atoms with van der Waals surface area (Å²) in [6.07, 6.45) is 1.82. The first kappa shape index (κ1) is 15.9. The van der Waals surface area contributed by atoms with Gasteiger partial charge in [-0.2, -0.15) is 0 Å². The summed E-state index contributed by atoms with van der Waals surface area (Å²) < 4.78 is 32.1. The molecule has 0 bridgehead atoms. The van der Waals surface area contributed by atoms with Crippen molar-refractivity contribution in [2.75, 3.05) is 21.3 Å². The van der Waals surface area contributed by atoms with Crippen LogP contribution in [-0.4, -0.2) is 25.9 Å². The number of halogens is 1. The Morgan fingerprint density at radius 2 is 1.50 bits per heavy atom. The van der Waals surface area contributed by atoms with Gasteiger partial charge in [-0.15, -0.1) is 0 Å². The van der Waals surface area contributed by atoms with Crippen LogP contribution in [0.25, 0.3) is 16.9 Å². The van der Waals surface area contributed by atoms with Crippen molar-refractivity contribution >= 4 is 0 Å². The highest BCUT2D eigenvalue weighted by atomic mass is 19.1. The number of benzene rings is 2. The molecule has 24 heavy (non-hydrogen) atoms. The summed E-state index contributed by atoms with van der Waals surface area (Å²) in [4.78, 5) is 0. The van der Waals surface area contributed by atoms with Gasteiger partial charge in [-0.25, -0.2) is 4.39 Å². The van der Waals surface area contributed by atoms with Gasteiger partial charge in [0.05, 0.1) is 32.7 Å². The number of rotatable bonds is 5. The molecule has 1 heterocycles. The van der Waals surface area contributed by atoms with E-state index in [9.17, 15) is 4.39 Å². The molecule has 4 nitrogen and oxygen atoms in total. The second kappa shape index (κ2) is 6.66. The largest absolute Gasteiger partial charge is 0.493 e. The summed E-state index contributed by atoms with van der Waals surface area (Å²) >= 11 is 0. The smallest absolute Gasteiger partial charge is 0.203 e. The number of methoxy groups -OCH3 is 3. The van der Waals surface area contributed by atoms with Gasteiger partial charge in [0.2, 0.25) is 5.75 Å². The Kier molecular flexibility index (Phi) is 4.42. The van der Waals surface area contributed by atoms with Crippen molar-refractivity contribution in [2.24, 2.45) is 0 Å². The van der Waals surface area contributed by atoms with Gasteiger partial charge in [-0.1, -0.05) is 12.1 Å². The molecular weight excluding hydrogens is 309 g/mol. The Balaban J connectivity index is 2.18. The molecule has 0 saturated carbocycles. The van der Waals surface area contributed by atoms with E-state index >= 15 is 0 Å². The minimum Gasteiger partial charge on any atom is -0.493 e. The zero-order valence-corrected chi connectivity index (χ0v) is 13.7. The Labute approximate surface area is 140 Å². The maximum absolute atomic E-state index is 14.2. The van der Waals surface area contributed by atoms with E-state index in [4.69, 9.17) is 14.2 Å². The number of nitrogens with zero attached hydrogens (tertiary/aromatic N) is 1. The van der Waals surface area contributed by atoms with E-state index in [0.29, 0.717) is 22.9 Å². The third kappa shape index (κ3) is 2.69. The molecule has 124 valence electrons. The van der Waals surface area contributed by atoms with Crippen molar-refractivity contribution in [2.45, 2.75) is 0 Å². The number of hydrogen-bond acceptors (Lipinski definition) is 3. The van der Waals surface area contributed by atoms with Crippen LogP contribution >= 0.6 is 0 Å². The predicted molar refractivity (Wildman–Crippen MR) is 90.8 cm³/mol. The van der Waals surface area contributed by atoms with Crippen LogP contribution in [0.5, 0.6) is 17.2 Å². The van der Waals surface area contributed by atoms with Gasteiger partial charge in [0.15, 0.2) is 11.5 Å². The molecular formula is C19H18FNO3. The van der Waals surface area contributed by atoms with E-state index in [1.807, 2.05) is 30.5 Å². The van der Waals surface area contributed by atoms with E-state index in [0.717, 1.165) is 11.3 Å². The second-order valence-electron chi connectivity index (χ2n) is 5.13. The number of hydrogen-bond donors (Lipinski definition) is 0. The SMILES string of the molecule is COc1cc(-c2cccn2-c2ccccc2F)cc(OC)c1OC. The molecule has 0 amide bonds. The summed E-state index contributed by atoms with van der Waals surface area (Å²) in [6.45, 7) is 0. The van der Waals surface area contributed by atoms with Gasteiger partial charge in [-0.3, -0.25) is 0 Å². The zero-order chi connectivity index (χ0) is 17.1. The van der Waals surface area contributed by atoms with Crippen LogP contribution in [0.4, 0.5) is 4.39 Å². The maximum atomic E-state index is 14.2. The summed E-state index contributed by atoms with van der Waals surface area (Å²) in [5, 5.41) is 0. The number of para-hydroxylation sites is 1. The van der Waals surface area contributed by atoms with Crippen molar-refractivity contribution in [3.63, 3.8) is 0 Å². The van der Waals surface area contributed by atoms with Crippen LogP contribution in [0.2, 0.25) is 0 Å². The van der Waals surface area contributed by atoms with E-state index in [2.05, 4.69) is 0 Å². The summed E-state index contributed by atoms with van der Waals surface area (Å²) in [6, 6.07) is 14.1. The van der Waals surface area contributed by atoms with Crippen LogP contribution in [0.3, 0.4) is 0 Å². The van der Waals surface area contributed by atoms with E-state index < -0.39 is 0 Å². The first-order valence-corrected chi connectivity index (χ1v) is 7.42. The molecule has 0 spiro atoms. The summed E-state index contributed by atoms with van der Waals surface area (Å²) in [5.74, 6) is 1.33. The fraction of sp³-hybridized carbons (Fsp3) is 0.158. The third-order valence-corrected chi connectivity index (χ3v) is 3.82. The highest BCUT2D eigenvalue weighted by Gasteiger charge is 2.16. The van der Waals surface area contributed by atoms with Crippen LogP contribution in [-0.2, 0) is 0 Å². The monoisotopic (exact) mass is 327 g/mol. The number of aromatic nitrogens is 1. The molecule has 1 aromatic heterocycles. The molecule has 2 aromatic carbocycles. The lowest BCUT2D eigenvalue weighted by Gasteiger charge is -2.16. The van der Waals surface area contributed by atoms with E-state index in [1.54, 1.807) is 44.1 Å². The van der Waals surface area contributed by atoms with Crippen LogP contribution in [0.1, 0.15) is 0 Å². The lowest BCUT2D eigenvalue weighted by molar-refractivity contribution is 0.324. The molecule has 0 aliphatic rings. The topological polar surface area (TPSA) is 32.6 Å². The van der Waals surface area contributed by atoms with E-state index in [1.165, 1.54) is 6.07 Å². The van der Waals surface area contributed by atoms with Gasteiger partial charge < -0.3 is 18.8 Å². The van der Waals surface area contributed by atoms with Gasteiger partial charge in [-0.05, 0) is 36.4 Å². The average Bonchev–Trinajstić information content (AvgIpc) is 3.10. The van der Waals surface area contributed by atoms with Crippen molar-refractivity contribution in [1.82, 2.24) is 4.57 Å². The summed E-state index contributed by atoms with van der Waals surface area (Å²) in [5.41, 5.74) is 2.13. The highest BCUT2D eigenvalue weighted by Crippen LogP contribution is 2.41. The highest BCUT2D eigenvalue weighted by molar-refractivity contribution is 5.70. The van der Waals surface area contributed by atoms with Gasteiger partial charge in [0.25, 0.3) is 0 Å². The first-order valence-electron chi connectivity index (χ1n) is 7.42. The molecule has 0 saturated heterocycles. The van der Waals surface area contributed by atoms with Crippen molar-refractivity contribution in [3.05, 3.63) is 60.5 Å². The zero-order valence-electron chi connectivity index (χ0n) is 13.7. The number of ether oxygens (including phenoxy) is 3. The summed E-state index contributed by atoms with van der Waals surface area (Å²) in [7, 11) is 4.69. The molecule has 0 N–H and O–H groups in total. The minimum atomic E-state index is -0.289. The minimum absolute atomic E-state index is 0.289.